The Morgan fingerprint density at radius 1 is 1.10 bits per heavy atom. The van der Waals surface area contributed by atoms with Crippen LogP contribution >= 0.6 is 23.4 Å². The highest BCUT2D eigenvalue weighted by atomic mass is 35.5. The summed E-state index contributed by atoms with van der Waals surface area (Å²) < 4.78 is 5.75. The molecule has 1 fully saturated rings. The van der Waals surface area contributed by atoms with Gasteiger partial charge in [-0.2, -0.15) is 0 Å². The summed E-state index contributed by atoms with van der Waals surface area (Å²) in [6, 6.07) is 17.1. The van der Waals surface area contributed by atoms with E-state index in [2.05, 4.69) is 0 Å². The summed E-state index contributed by atoms with van der Waals surface area (Å²) in [6.45, 7) is 0.209. The Labute approximate surface area is 180 Å². The van der Waals surface area contributed by atoms with Crippen LogP contribution in [0, 0.1) is 0 Å². The number of imide groups is 1. The van der Waals surface area contributed by atoms with Crippen molar-refractivity contribution in [3.05, 3.63) is 87.5 Å². The second kappa shape index (κ2) is 8.22. The fourth-order valence-corrected chi connectivity index (χ4v) is 4.04. The maximum atomic E-state index is 12.6. The third-order valence-corrected chi connectivity index (χ3v) is 5.66. The number of carboxylic acid groups (broad SMARTS) is 1. The highest BCUT2D eigenvalue weighted by molar-refractivity contribution is 8.18. The highest BCUT2D eigenvalue weighted by Crippen LogP contribution is 2.34. The van der Waals surface area contributed by atoms with Gasteiger partial charge in [-0.3, -0.25) is 14.5 Å². The van der Waals surface area contributed by atoms with Crippen LogP contribution in [0.1, 0.15) is 21.7 Å². The first kappa shape index (κ1) is 20.0. The van der Waals surface area contributed by atoms with E-state index in [0.29, 0.717) is 17.1 Å². The Bertz CT molecular complexity index is 1190. The van der Waals surface area contributed by atoms with Gasteiger partial charge in [0.15, 0.2) is 0 Å². The average molecular weight is 440 g/mol. The second-order valence-corrected chi connectivity index (χ2v) is 7.86. The molecule has 1 aliphatic heterocycles. The Morgan fingerprint density at radius 2 is 1.87 bits per heavy atom. The number of thioether (sulfide) groups is 1. The van der Waals surface area contributed by atoms with E-state index >= 15 is 0 Å². The number of hydrogen-bond acceptors (Lipinski definition) is 5. The molecule has 0 unspecified atom stereocenters. The van der Waals surface area contributed by atoms with Crippen LogP contribution in [0.5, 0.6) is 0 Å². The lowest BCUT2D eigenvalue weighted by Crippen LogP contribution is -2.27. The van der Waals surface area contributed by atoms with Crippen molar-refractivity contribution in [3.63, 3.8) is 0 Å². The Balaban J connectivity index is 1.54. The molecule has 1 saturated heterocycles. The van der Waals surface area contributed by atoms with Gasteiger partial charge in [-0.1, -0.05) is 48.0 Å². The number of benzene rings is 2. The lowest BCUT2D eigenvalue weighted by molar-refractivity contribution is -0.123. The number of rotatable bonds is 5. The summed E-state index contributed by atoms with van der Waals surface area (Å²) in [5.41, 5.74) is 1.46. The zero-order valence-electron chi connectivity index (χ0n) is 15.4. The zero-order valence-corrected chi connectivity index (χ0v) is 16.9. The minimum Gasteiger partial charge on any atom is -0.478 e. The molecule has 8 heteroatoms. The minimum atomic E-state index is -1.11. The number of amides is 2. The zero-order chi connectivity index (χ0) is 21.3. The van der Waals surface area contributed by atoms with Crippen molar-refractivity contribution < 1.29 is 23.9 Å². The van der Waals surface area contributed by atoms with E-state index in [4.69, 9.17) is 21.1 Å². The van der Waals surface area contributed by atoms with Crippen LogP contribution in [0.25, 0.3) is 17.4 Å². The van der Waals surface area contributed by atoms with Crippen LogP contribution < -0.4 is 0 Å². The molecule has 0 atom stereocenters. The molecule has 150 valence electrons. The summed E-state index contributed by atoms with van der Waals surface area (Å²) in [4.78, 5) is 37.5. The lowest BCUT2D eigenvalue weighted by Gasteiger charge is -2.11. The third kappa shape index (κ3) is 4.03. The molecule has 0 aliphatic carbocycles. The quantitative estimate of drug-likeness (QED) is 0.525. The van der Waals surface area contributed by atoms with Gasteiger partial charge < -0.3 is 9.52 Å². The number of nitrogens with zero attached hydrogens (tertiary/aromatic N) is 1. The Morgan fingerprint density at radius 3 is 2.57 bits per heavy atom. The summed E-state index contributed by atoms with van der Waals surface area (Å²) >= 11 is 6.87. The number of halogens is 1. The van der Waals surface area contributed by atoms with E-state index in [1.54, 1.807) is 18.2 Å². The van der Waals surface area contributed by atoms with Gasteiger partial charge in [-0.25, -0.2) is 4.79 Å². The third-order valence-electron chi connectivity index (χ3n) is 4.44. The first-order valence-corrected chi connectivity index (χ1v) is 10.0. The standard InChI is InChI=1S/C22H14ClNO5S/c23-17-10-14(6-8-16(17)21(26)27)18-9-7-15(29-18)11-19-20(25)24(22(28)30-19)12-13-4-2-1-3-5-13/h1-11H,12H2,(H,26,27)/b19-11-. The van der Waals surface area contributed by atoms with Gasteiger partial charge in [0, 0.05) is 11.6 Å². The van der Waals surface area contributed by atoms with Crippen molar-refractivity contribution in [2.24, 2.45) is 0 Å². The highest BCUT2D eigenvalue weighted by Gasteiger charge is 2.35. The predicted octanol–water partition coefficient (Wildman–Crippen LogP) is 5.53. The molecule has 30 heavy (non-hydrogen) atoms. The van der Waals surface area contributed by atoms with Gasteiger partial charge in [0.25, 0.3) is 11.1 Å². The largest absolute Gasteiger partial charge is 0.478 e. The van der Waals surface area contributed by atoms with Gasteiger partial charge in [0.2, 0.25) is 0 Å². The number of carboxylic acids is 1. The fourth-order valence-electron chi connectivity index (χ4n) is 2.96. The van der Waals surface area contributed by atoms with Gasteiger partial charge in [0.1, 0.15) is 11.5 Å². The van der Waals surface area contributed by atoms with Crippen molar-refractivity contribution in [2.75, 3.05) is 0 Å². The van der Waals surface area contributed by atoms with E-state index < -0.39 is 5.97 Å². The molecular formula is C22H14ClNO5S. The van der Waals surface area contributed by atoms with Crippen molar-refractivity contribution in [1.82, 2.24) is 4.90 Å². The predicted molar refractivity (Wildman–Crippen MR) is 114 cm³/mol. The first-order valence-electron chi connectivity index (χ1n) is 8.85. The topological polar surface area (TPSA) is 87.8 Å². The van der Waals surface area contributed by atoms with Gasteiger partial charge in [-0.05, 0) is 41.6 Å². The molecule has 4 rings (SSSR count). The monoisotopic (exact) mass is 439 g/mol. The van der Waals surface area contributed by atoms with Crippen molar-refractivity contribution in [2.45, 2.75) is 6.54 Å². The Kier molecular flexibility index (Phi) is 5.48. The molecule has 1 aromatic heterocycles. The first-order chi connectivity index (χ1) is 14.4. The van der Waals surface area contributed by atoms with E-state index in [1.165, 1.54) is 23.1 Å². The fraction of sp³-hybridized carbons (Fsp3) is 0.0455. The molecule has 3 aromatic rings. The van der Waals surface area contributed by atoms with Crippen LogP contribution in [-0.4, -0.2) is 27.1 Å². The molecule has 0 spiro atoms. The molecule has 2 aromatic carbocycles. The molecule has 1 N–H and O–H groups in total. The van der Waals surface area contributed by atoms with E-state index in [1.807, 2.05) is 30.3 Å². The molecule has 2 amide bonds. The Hall–Kier alpha value is -3.29. The van der Waals surface area contributed by atoms with Gasteiger partial charge in [-0.15, -0.1) is 0 Å². The van der Waals surface area contributed by atoms with E-state index in [9.17, 15) is 14.4 Å². The summed E-state index contributed by atoms with van der Waals surface area (Å²) in [7, 11) is 0. The maximum Gasteiger partial charge on any atom is 0.337 e. The second-order valence-electron chi connectivity index (χ2n) is 6.46. The van der Waals surface area contributed by atoms with E-state index in [0.717, 1.165) is 17.3 Å². The molecule has 2 heterocycles. The summed E-state index contributed by atoms with van der Waals surface area (Å²) in [5, 5.41) is 8.83. The normalized spacial score (nSPS) is 15.2. The van der Waals surface area contributed by atoms with Crippen LogP contribution in [-0.2, 0) is 11.3 Å². The van der Waals surface area contributed by atoms with E-state index in [-0.39, 0.29) is 33.2 Å². The maximum absolute atomic E-state index is 12.6. The minimum absolute atomic E-state index is 0.000661. The SMILES string of the molecule is O=C(O)c1ccc(-c2ccc(/C=C3\SC(=O)N(Cc4ccccc4)C3=O)o2)cc1Cl. The number of carbonyl (C=O) groups is 3. The lowest BCUT2D eigenvalue weighted by atomic mass is 10.1. The number of carbonyl (C=O) groups excluding carboxylic acids is 2. The molecule has 1 aliphatic rings. The van der Waals surface area contributed by atoms with Crippen LogP contribution in [0.3, 0.4) is 0 Å². The van der Waals surface area contributed by atoms with Gasteiger partial charge >= 0.3 is 5.97 Å². The summed E-state index contributed by atoms with van der Waals surface area (Å²) in [5.74, 6) is -0.629. The van der Waals surface area contributed by atoms with Crippen LogP contribution in [0.15, 0.2) is 70.0 Å². The van der Waals surface area contributed by atoms with Crippen molar-refractivity contribution >= 4 is 46.6 Å². The number of aromatic carboxylic acids is 1. The molecule has 0 bridgehead atoms. The van der Waals surface area contributed by atoms with Crippen molar-refractivity contribution in [1.29, 1.82) is 0 Å². The van der Waals surface area contributed by atoms with Crippen LogP contribution in [0.4, 0.5) is 4.79 Å². The molecular weight excluding hydrogens is 426 g/mol. The van der Waals surface area contributed by atoms with Gasteiger partial charge in [0.05, 0.1) is 22.0 Å². The molecule has 0 saturated carbocycles. The molecule has 0 radical (unpaired) electrons. The van der Waals surface area contributed by atoms with Crippen LogP contribution in [0.2, 0.25) is 5.02 Å². The molecule has 6 nitrogen and oxygen atoms in total. The number of furan rings is 1. The smallest absolute Gasteiger partial charge is 0.337 e. The summed E-state index contributed by atoms with van der Waals surface area (Å²) in [6.07, 6.45) is 1.52. The average Bonchev–Trinajstić information content (AvgIpc) is 3.29. The number of hydrogen-bond donors (Lipinski definition) is 1. The van der Waals surface area contributed by atoms with Crippen molar-refractivity contribution in [3.8, 4) is 11.3 Å².